The van der Waals surface area contributed by atoms with E-state index in [0.29, 0.717) is 45.1 Å². The number of hydrogen-bond donors (Lipinski definition) is 0. The highest BCUT2D eigenvalue weighted by Gasteiger charge is 2.44. The van der Waals surface area contributed by atoms with Crippen molar-refractivity contribution in [2.24, 2.45) is 11.8 Å². The van der Waals surface area contributed by atoms with Crippen LogP contribution in [0.5, 0.6) is 5.75 Å². The maximum Gasteiger partial charge on any atom is 0.282 e. The Morgan fingerprint density at radius 3 is 2.32 bits per heavy atom. The minimum atomic E-state index is -0.333. The Labute approximate surface area is 188 Å². The van der Waals surface area contributed by atoms with Gasteiger partial charge in [0.1, 0.15) is 11.4 Å². The van der Waals surface area contributed by atoms with Crippen molar-refractivity contribution in [3.05, 3.63) is 64.3 Å². The zero-order chi connectivity index (χ0) is 22.3. The molecule has 31 heavy (non-hydrogen) atoms. The van der Waals surface area contributed by atoms with Crippen molar-refractivity contribution < 1.29 is 14.3 Å². The number of carbonyl (C=O) groups excluding carboxylic acids is 2. The van der Waals surface area contributed by atoms with E-state index in [9.17, 15) is 9.59 Å². The van der Waals surface area contributed by atoms with E-state index >= 15 is 0 Å². The number of benzene rings is 2. The molecule has 0 spiro atoms. The molecule has 0 aliphatic carbocycles. The molecule has 2 amide bonds. The summed E-state index contributed by atoms with van der Waals surface area (Å²) < 4.78 is 5.55. The highest BCUT2D eigenvalue weighted by Crippen LogP contribution is 2.40. The molecular formula is C25H27ClN2O3. The zero-order valence-corrected chi connectivity index (χ0v) is 19.1. The number of imide groups is 1. The molecule has 5 nitrogen and oxygen atoms in total. The summed E-state index contributed by atoms with van der Waals surface area (Å²) in [4.78, 5) is 30.9. The van der Waals surface area contributed by atoms with Crippen molar-refractivity contribution in [2.45, 2.75) is 27.2 Å². The second-order valence-corrected chi connectivity index (χ2v) is 9.09. The number of amides is 2. The highest BCUT2D eigenvalue weighted by molar-refractivity contribution is 6.46. The first-order valence-corrected chi connectivity index (χ1v) is 11.0. The van der Waals surface area contributed by atoms with Crippen LogP contribution in [0.2, 0.25) is 5.02 Å². The standard InChI is InChI=1S/C25H27ClN2O3/c1-15-11-16(2)14-27(13-15)23-22(19-7-5-6-8-21(19)31-4)24(29)28(25(23)30)20-10-9-18(26)12-17(20)3/h5-10,12,15-16H,11,13-14H2,1-4H3. The number of halogens is 1. The molecule has 2 atom stereocenters. The zero-order valence-electron chi connectivity index (χ0n) is 18.3. The minimum absolute atomic E-state index is 0.294. The SMILES string of the molecule is COc1ccccc1C1=C(N2CC(C)CC(C)C2)C(=O)N(c2ccc(Cl)cc2C)C1=O. The largest absolute Gasteiger partial charge is 0.496 e. The van der Waals surface area contributed by atoms with Crippen molar-refractivity contribution in [1.82, 2.24) is 4.90 Å². The normalized spacial score (nSPS) is 21.8. The van der Waals surface area contributed by atoms with Crippen LogP contribution >= 0.6 is 11.6 Å². The molecule has 1 saturated heterocycles. The van der Waals surface area contributed by atoms with Crippen molar-refractivity contribution in [2.75, 3.05) is 25.1 Å². The summed E-state index contributed by atoms with van der Waals surface area (Å²) in [6, 6.07) is 12.6. The first-order chi connectivity index (χ1) is 14.8. The van der Waals surface area contributed by atoms with E-state index in [1.807, 2.05) is 31.2 Å². The van der Waals surface area contributed by atoms with E-state index in [0.717, 1.165) is 25.1 Å². The summed E-state index contributed by atoms with van der Waals surface area (Å²) in [5.74, 6) is 0.816. The quantitative estimate of drug-likeness (QED) is 0.636. The summed E-state index contributed by atoms with van der Waals surface area (Å²) in [7, 11) is 1.58. The van der Waals surface area contributed by atoms with E-state index in [-0.39, 0.29) is 11.8 Å². The predicted octanol–water partition coefficient (Wildman–Crippen LogP) is 4.92. The van der Waals surface area contributed by atoms with E-state index in [1.54, 1.807) is 25.3 Å². The molecule has 2 aliphatic heterocycles. The van der Waals surface area contributed by atoms with Gasteiger partial charge in [-0.05, 0) is 55.0 Å². The maximum absolute atomic E-state index is 13.8. The van der Waals surface area contributed by atoms with E-state index < -0.39 is 0 Å². The van der Waals surface area contributed by atoms with Crippen LogP contribution in [-0.4, -0.2) is 36.9 Å². The lowest BCUT2D eigenvalue weighted by atomic mass is 9.91. The van der Waals surface area contributed by atoms with Crippen molar-refractivity contribution >= 4 is 34.7 Å². The van der Waals surface area contributed by atoms with Crippen LogP contribution in [0.15, 0.2) is 48.2 Å². The molecule has 6 heteroatoms. The van der Waals surface area contributed by atoms with E-state index in [2.05, 4.69) is 18.7 Å². The number of likely N-dealkylation sites (tertiary alicyclic amines) is 1. The lowest BCUT2D eigenvalue weighted by Gasteiger charge is -2.37. The van der Waals surface area contributed by atoms with Crippen LogP contribution in [0.1, 0.15) is 31.4 Å². The molecule has 2 aliphatic rings. The summed E-state index contributed by atoms with van der Waals surface area (Å²) in [5.41, 5.74) is 2.83. The summed E-state index contributed by atoms with van der Waals surface area (Å²) in [6.45, 7) is 7.71. The average molecular weight is 439 g/mol. The molecule has 2 heterocycles. The van der Waals surface area contributed by atoms with Crippen LogP contribution in [0, 0.1) is 18.8 Å². The van der Waals surface area contributed by atoms with Crippen LogP contribution in [-0.2, 0) is 9.59 Å². The number of methoxy groups -OCH3 is 1. The Bertz CT molecular complexity index is 1070. The fourth-order valence-electron chi connectivity index (χ4n) is 4.84. The first kappa shape index (κ1) is 21.4. The topological polar surface area (TPSA) is 49.9 Å². The van der Waals surface area contributed by atoms with Gasteiger partial charge in [0.2, 0.25) is 0 Å². The maximum atomic E-state index is 13.8. The van der Waals surface area contributed by atoms with Crippen LogP contribution in [0.3, 0.4) is 0 Å². The van der Waals surface area contributed by atoms with Crippen LogP contribution in [0.25, 0.3) is 5.57 Å². The van der Waals surface area contributed by atoms with Gasteiger partial charge in [-0.15, -0.1) is 0 Å². The number of anilines is 1. The van der Waals surface area contributed by atoms with Gasteiger partial charge in [0.05, 0.1) is 18.4 Å². The monoisotopic (exact) mass is 438 g/mol. The smallest absolute Gasteiger partial charge is 0.282 e. The molecule has 0 bridgehead atoms. The third kappa shape index (κ3) is 3.83. The van der Waals surface area contributed by atoms with Gasteiger partial charge < -0.3 is 9.64 Å². The third-order valence-corrected chi connectivity index (χ3v) is 6.26. The molecule has 0 radical (unpaired) electrons. The van der Waals surface area contributed by atoms with Crippen LogP contribution in [0.4, 0.5) is 5.69 Å². The molecule has 162 valence electrons. The molecule has 4 rings (SSSR count). The predicted molar refractivity (Wildman–Crippen MR) is 123 cm³/mol. The Balaban J connectivity index is 1.89. The van der Waals surface area contributed by atoms with Gasteiger partial charge in [-0.1, -0.05) is 43.6 Å². The lowest BCUT2D eigenvalue weighted by Crippen LogP contribution is -2.42. The van der Waals surface area contributed by atoms with E-state index in [1.165, 1.54) is 4.90 Å². The van der Waals surface area contributed by atoms with Crippen LogP contribution < -0.4 is 9.64 Å². The molecule has 2 unspecified atom stereocenters. The average Bonchev–Trinajstić information content (AvgIpc) is 2.97. The number of aryl methyl sites for hydroxylation is 1. The van der Waals surface area contributed by atoms with Gasteiger partial charge in [-0.3, -0.25) is 9.59 Å². The van der Waals surface area contributed by atoms with Gasteiger partial charge in [0, 0.05) is 23.7 Å². The molecule has 0 aromatic heterocycles. The second-order valence-electron chi connectivity index (χ2n) is 8.65. The highest BCUT2D eigenvalue weighted by atomic mass is 35.5. The fraction of sp³-hybridized carbons (Fsp3) is 0.360. The Morgan fingerprint density at radius 2 is 1.68 bits per heavy atom. The number of para-hydroxylation sites is 1. The number of rotatable bonds is 4. The van der Waals surface area contributed by atoms with Gasteiger partial charge in [0.25, 0.3) is 11.8 Å². The number of piperidine rings is 1. The number of ether oxygens (including phenoxy) is 1. The molecule has 2 aromatic rings. The number of nitrogens with zero attached hydrogens (tertiary/aromatic N) is 2. The Morgan fingerprint density at radius 1 is 1.00 bits per heavy atom. The first-order valence-electron chi connectivity index (χ1n) is 10.6. The van der Waals surface area contributed by atoms with Gasteiger partial charge >= 0.3 is 0 Å². The summed E-state index contributed by atoms with van der Waals surface area (Å²) >= 11 is 6.12. The lowest BCUT2D eigenvalue weighted by molar-refractivity contribution is -0.120. The Kier molecular flexibility index (Phi) is 5.80. The fourth-order valence-corrected chi connectivity index (χ4v) is 5.07. The van der Waals surface area contributed by atoms with Gasteiger partial charge in [-0.2, -0.15) is 0 Å². The second kappa shape index (κ2) is 8.39. The van der Waals surface area contributed by atoms with Crippen molar-refractivity contribution in [1.29, 1.82) is 0 Å². The molecule has 2 aromatic carbocycles. The van der Waals surface area contributed by atoms with Gasteiger partial charge in [0.15, 0.2) is 0 Å². The summed E-state index contributed by atoms with van der Waals surface area (Å²) in [6.07, 6.45) is 1.11. The molecular weight excluding hydrogens is 412 g/mol. The summed E-state index contributed by atoms with van der Waals surface area (Å²) in [5, 5.41) is 0.567. The molecule has 1 fully saturated rings. The van der Waals surface area contributed by atoms with Crippen molar-refractivity contribution in [3.63, 3.8) is 0 Å². The number of hydrogen-bond acceptors (Lipinski definition) is 4. The van der Waals surface area contributed by atoms with E-state index in [4.69, 9.17) is 16.3 Å². The molecule has 0 saturated carbocycles. The Hall–Kier alpha value is -2.79. The number of carbonyl (C=O) groups is 2. The molecule has 0 N–H and O–H groups in total. The van der Waals surface area contributed by atoms with Gasteiger partial charge in [-0.25, -0.2) is 4.90 Å². The van der Waals surface area contributed by atoms with Crippen molar-refractivity contribution in [3.8, 4) is 5.75 Å². The minimum Gasteiger partial charge on any atom is -0.496 e. The third-order valence-electron chi connectivity index (χ3n) is 6.02.